The normalized spacial score (nSPS) is 19.1. The molecule has 0 bridgehead atoms. The Kier molecular flexibility index (Phi) is 3.73. The summed E-state index contributed by atoms with van der Waals surface area (Å²) >= 11 is 0. The third-order valence-electron chi connectivity index (χ3n) is 3.44. The van der Waals surface area contributed by atoms with E-state index >= 15 is 0 Å². The zero-order chi connectivity index (χ0) is 14.2. The van der Waals surface area contributed by atoms with Gasteiger partial charge >= 0.3 is 6.18 Å². The van der Waals surface area contributed by atoms with Crippen molar-refractivity contribution in [2.24, 2.45) is 5.90 Å². The van der Waals surface area contributed by atoms with Gasteiger partial charge in [-0.25, -0.2) is 5.90 Å². The minimum Gasteiger partial charge on any atom is -0.368 e. The number of hydrogen-bond acceptors (Lipinski definition) is 3. The highest BCUT2D eigenvalue weighted by Gasteiger charge is 2.35. The van der Waals surface area contributed by atoms with Crippen LogP contribution < -0.4 is 10.8 Å². The average Bonchev–Trinajstić information content (AvgIpc) is 2.67. The molecule has 3 nitrogen and oxygen atoms in total. The van der Waals surface area contributed by atoms with E-state index in [4.69, 9.17) is 5.90 Å². The molecule has 1 atom stereocenters. The molecular weight excluding hydrogens is 257 g/mol. The van der Waals surface area contributed by atoms with E-state index < -0.39 is 11.7 Å². The van der Waals surface area contributed by atoms with Crippen LogP contribution in [0.2, 0.25) is 0 Å². The molecule has 0 saturated carbocycles. The number of nitrogens with zero attached hydrogens (tertiary/aromatic N) is 1. The molecule has 0 radical (unpaired) electrons. The predicted molar refractivity (Wildman–Crippen MR) is 66.8 cm³/mol. The molecule has 1 heterocycles. The van der Waals surface area contributed by atoms with Crippen molar-refractivity contribution in [1.29, 1.82) is 0 Å². The number of anilines is 1. The Morgan fingerprint density at radius 1 is 1.42 bits per heavy atom. The summed E-state index contributed by atoms with van der Waals surface area (Å²) in [5.41, 5.74) is 0.873. The molecule has 2 rings (SSSR count). The maximum absolute atomic E-state index is 12.8. The number of hydrogen-bond donors (Lipinski definition) is 1. The summed E-state index contributed by atoms with van der Waals surface area (Å²) in [6.07, 6.45) is -4.32. The van der Waals surface area contributed by atoms with Crippen LogP contribution in [-0.4, -0.2) is 19.2 Å². The third-order valence-corrected chi connectivity index (χ3v) is 3.44. The highest BCUT2D eigenvalue weighted by atomic mass is 19.4. The second-order valence-electron chi connectivity index (χ2n) is 5.05. The van der Waals surface area contributed by atoms with Crippen LogP contribution in [0.5, 0.6) is 0 Å². The maximum atomic E-state index is 12.8. The van der Waals surface area contributed by atoms with Gasteiger partial charge in [0, 0.05) is 24.2 Å². The van der Waals surface area contributed by atoms with E-state index in [1.54, 1.807) is 0 Å². The van der Waals surface area contributed by atoms with Crippen LogP contribution in [0.4, 0.5) is 18.9 Å². The maximum Gasteiger partial charge on any atom is 0.416 e. The number of rotatable bonds is 3. The first-order valence-electron chi connectivity index (χ1n) is 6.14. The van der Waals surface area contributed by atoms with Gasteiger partial charge in [0.05, 0.1) is 12.2 Å². The SMILES string of the molecule is CC(C)N1CC(CON)c2cc(C(F)(F)F)ccc21. The Bertz CT molecular complexity index is 460. The lowest BCUT2D eigenvalue weighted by atomic mass is 10.00. The van der Waals surface area contributed by atoms with E-state index in [-0.39, 0.29) is 18.6 Å². The molecule has 1 aromatic rings. The van der Waals surface area contributed by atoms with Gasteiger partial charge in [0.2, 0.25) is 0 Å². The third kappa shape index (κ3) is 2.69. The number of fused-ring (bicyclic) bond motifs is 1. The summed E-state index contributed by atoms with van der Waals surface area (Å²) < 4.78 is 38.3. The van der Waals surface area contributed by atoms with Crippen molar-refractivity contribution in [2.45, 2.75) is 32.0 Å². The fraction of sp³-hybridized carbons (Fsp3) is 0.538. The van der Waals surface area contributed by atoms with Crippen LogP contribution in [-0.2, 0) is 11.0 Å². The van der Waals surface area contributed by atoms with Crippen molar-refractivity contribution in [2.75, 3.05) is 18.1 Å². The minimum absolute atomic E-state index is 0.121. The highest BCUT2D eigenvalue weighted by molar-refractivity contribution is 5.62. The number of benzene rings is 1. The predicted octanol–water partition coefficient (Wildman–Crippen LogP) is 2.91. The van der Waals surface area contributed by atoms with Crippen molar-refractivity contribution < 1.29 is 18.0 Å². The largest absolute Gasteiger partial charge is 0.416 e. The van der Waals surface area contributed by atoms with Crippen LogP contribution in [0.25, 0.3) is 0 Å². The van der Waals surface area contributed by atoms with Gasteiger partial charge in [-0.15, -0.1) is 0 Å². The van der Waals surface area contributed by atoms with Gasteiger partial charge in [-0.05, 0) is 37.6 Å². The molecule has 19 heavy (non-hydrogen) atoms. The number of halogens is 3. The first kappa shape index (κ1) is 14.1. The summed E-state index contributed by atoms with van der Waals surface area (Å²) in [7, 11) is 0. The lowest BCUT2D eigenvalue weighted by Crippen LogP contribution is -2.30. The Balaban J connectivity index is 2.42. The summed E-state index contributed by atoms with van der Waals surface area (Å²) in [6, 6.07) is 4.09. The Hall–Kier alpha value is -1.27. The molecule has 2 N–H and O–H groups in total. The molecule has 1 aliphatic heterocycles. The molecule has 0 amide bonds. The lowest BCUT2D eigenvalue weighted by Gasteiger charge is -2.24. The quantitative estimate of drug-likeness (QED) is 0.861. The second-order valence-corrected chi connectivity index (χ2v) is 5.05. The minimum atomic E-state index is -4.32. The van der Waals surface area contributed by atoms with E-state index in [9.17, 15) is 13.2 Å². The van der Waals surface area contributed by atoms with Crippen LogP contribution in [0.1, 0.15) is 30.9 Å². The smallest absolute Gasteiger partial charge is 0.368 e. The Morgan fingerprint density at radius 3 is 2.63 bits per heavy atom. The molecule has 6 heteroatoms. The Morgan fingerprint density at radius 2 is 2.11 bits per heavy atom. The fourth-order valence-corrected chi connectivity index (χ4v) is 2.50. The lowest BCUT2D eigenvalue weighted by molar-refractivity contribution is -0.137. The van der Waals surface area contributed by atoms with Crippen LogP contribution >= 0.6 is 0 Å². The fourth-order valence-electron chi connectivity index (χ4n) is 2.50. The number of alkyl halides is 3. The summed E-state index contributed by atoms with van der Waals surface area (Å²) in [5, 5.41) is 0. The molecule has 1 aliphatic rings. The average molecular weight is 274 g/mol. The standard InChI is InChI=1S/C13H17F3N2O/c1-8(2)18-6-9(7-19-17)11-5-10(13(14,15)16)3-4-12(11)18/h3-5,8-9H,6-7,17H2,1-2H3. The zero-order valence-corrected chi connectivity index (χ0v) is 10.9. The summed E-state index contributed by atoms with van der Waals surface area (Å²) in [5.74, 6) is 4.95. The van der Waals surface area contributed by atoms with Gasteiger partial charge in [-0.3, -0.25) is 0 Å². The van der Waals surface area contributed by atoms with Gasteiger partial charge in [-0.2, -0.15) is 13.2 Å². The molecular formula is C13H17F3N2O. The van der Waals surface area contributed by atoms with Crippen molar-refractivity contribution in [3.8, 4) is 0 Å². The topological polar surface area (TPSA) is 38.5 Å². The van der Waals surface area contributed by atoms with Crippen molar-refractivity contribution >= 4 is 5.69 Å². The van der Waals surface area contributed by atoms with Gasteiger partial charge in [0.25, 0.3) is 0 Å². The summed E-state index contributed by atoms with van der Waals surface area (Å²) in [4.78, 5) is 6.70. The van der Waals surface area contributed by atoms with Crippen LogP contribution in [0, 0.1) is 0 Å². The van der Waals surface area contributed by atoms with Crippen LogP contribution in [0.3, 0.4) is 0 Å². The van der Waals surface area contributed by atoms with E-state index in [2.05, 4.69) is 9.74 Å². The van der Waals surface area contributed by atoms with E-state index in [1.807, 2.05) is 13.8 Å². The first-order chi connectivity index (χ1) is 8.84. The van der Waals surface area contributed by atoms with Crippen LogP contribution in [0.15, 0.2) is 18.2 Å². The van der Waals surface area contributed by atoms with Gasteiger partial charge in [0.1, 0.15) is 0 Å². The van der Waals surface area contributed by atoms with Crippen molar-refractivity contribution in [3.63, 3.8) is 0 Å². The van der Waals surface area contributed by atoms with E-state index in [0.29, 0.717) is 12.1 Å². The van der Waals surface area contributed by atoms with Crippen molar-refractivity contribution in [3.05, 3.63) is 29.3 Å². The highest BCUT2D eigenvalue weighted by Crippen LogP contribution is 2.41. The van der Waals surface area contributed by atoms with Gasteiger partial charge in [-0.1, -0.05) is 0 Å². The molecule has 1 aromatic carbocycles. The van der Waals surface area contributed by atoms with Crippen molar-refractivity contribution in [1.82, 2.24) is 0 Å². The van der Waals surface area contributed by atoms with Gasteiger partial charge < -0.3 is 9.74 Å². The zero-order valence-electron chi connectivity index (χ0n) is 10.9. The molecule has 0 spiro atoms. The second kappa shape index (κ2) is 5.02. The summed E-state index contributed by atoms with van der Waals surface area (Å²) in [6.45, 7) is 4.86. The van der Waals surface area contributed by atoms with E-state index in [1.165, 1.54) is 12.1 Å². The molecule has 0 fully saturated rings. The molecule has 0 aromatic heterocycles. The van der Waals surface area contributed by atoms with E-state index in [0.717, 1.165) is 11.8 Å². The molecule has 106 valence electrons. The Labute approximate surface area is 110 Å². The molecule has 0 aliphatic carbocycles. The monoisotopic (exact) mass is 274 g/mol. The molecule has 1 unspecified atom stereocenters. The van der Waals surface area contributed by atoms with Gasteiger partial charge in [0.15, 0.2) is 0 Å². The molecule has 0 saturated heterocycles. The first-order valence-corrected chi connectivity index (χ1v) is 6.14. The number of nitrogens with two attached hydrogens (primary N) is 1.